The molecular formula is C12H19N3O2. The van der Waals surface area contributed by atoms with Gasteiger partial charge < -0.3 is 15.0 Å². The Hall–Kier alpha value is -1.62. The first-order valence-corrected chi connectivity index (χ1v) is 5.56. The monoisotopic (exact) mass is 237 g/mol. The van der Waals surface area contributed by atoms with Crippen LogP contribution < -0.4 is 10.2 Å². The molecular weight excluding hydrogens is 218 g/mol. The highest BCUT2D eigenvalue weighted by atomic mass is 16.5. The Kier molecular flexibility index (Phi) is 5.42. The van der Waals surface area contributed by atoms with Crippen molar-refractivity contribution < 1.29 is 9.53 Å². The van der Waals surface area contributed by atoms with E-state index in [0.29, 0.717) is 24.5 Å². The maximum absolute atomic E-state index is 11.9. The first-order valence-electron chi connectivity index (χ1n) is 5.56. The number of carbonyl (C=O) groups excluding carboxylic acids is 1. The lowest BCUT2D eigenvalue weighted by Crippen LogP contribution is -2.27. The molecule has 1 N–H and O–H groups in total. The molecule has 0 saturated heterocycles. The Balaban J connectivity index is 2.62. The molecule has 0 atom stereocenters. The van der Waals surface area contributed by atoms with Crippen molar-refractivity contribution in [3.63, 3.8) is 0 Å². The van der Waals surface area contributed by atoms with Crippen LogP contribution in [-0.4, -0.2) is 45.2 Å². The molecule has 94 valence electrons. The number of amides is 1. The second kappa shape index (κ2) is 6.85. The van der Waals surface area contributed by atoms with Crippen LogP contribution in [0.2, 0.25) is 0 Å². The number of nitrogens with zero attached hydrogens (tertiary/aromatic N) is 2. The number of aromatic nitrogens is 1. The van der Waals surface area contributed by atoms with Crippen molar-refractivity contribution in [1.29, 1.82) is 0 Å². The zero-order valence-electron chi connectivity index (χ0n) is 10.6. The van der Waals surface area contributed by atoms with Gasteiger partial charge in [0.05, 0.1) is 5.56 Å². The van der Waals surface area contributed by atoms with Gasteiger partial charge in [0.1, 0.15) is 5.82 Å². The van der Waals surface area contributed by atoms with Crippen LogP contribution in [0.4, 0.5) is 5.82 Å². The molecule has 0 aliphatic carbocycles. The van der Waals surface area contributed by atoms with Crippen LogP contribution in [-0.2, 0) is 4.74 Å². The number of hydrogen-bond acceptors (Lipinski definition) is 4. The highest BCUT2D eigenvalue weighted by molar-refractivity contribution is 5.98. The van der Waals surface area contributed by atoms with Crippen LogP contribution in [0.25, 0.3) is 0 Å². The predicted molar refractivity (Wildman–Crippen MR) is 67.4 cm³/mol. The van der Waals surface area contributed by atoms with Gasteiger partial charge in [0.25, 0.3) is 5.91 Å². The Morgan fingerprint density at radius 2 is 2.29 bits per heavy atom. The summed E-state index contributed by atoms with van der Waals surface area (Å²) in [5.41, 5.74) is 0.593. The lowest BCUT2D eigenvalue weighted by molar-refractivity contribution is 0.0949. The lowest BCUT2D eigenvalue weighted by atomic mass is 10.2. The summed E-state index contributed by atoms with van der Waals surface area (Å²) in [6.07, 6.45) is 2.48. The number of rotatable bonds is 6. The van der Waals surface area contributed by atoms with Crippen molar-refractivity contribution in [3.8, 4) is 0 Å². The molecule has 0 aliphatic rings. The molecule has 0 radical (unpaired) electrons. The van der Waals surface area contributed by atoms with E-state index >= 15 is 0 Å². The van der Waals surface area contributed by atoms with E-state index in [1.807, 2.05) is 19.0 Å². The first kappa shape index (κ1) is 13.4. The molecule has 0 aliphatic heterocycles. The van der Waals surface area contributed by atoms with Crippen molar-refractivity contribution in [2.24, 2.45) is 0 Å². The number of hydrogen-bond donors (Lipinski definition) is 1. The van der Waals surface area contributed by atoms with Crippen LogP contribution in [0.1, 0.15) is 16.8 Å². The quantitative estimate of drug-likeness (QED) is 0.747. The standard InChI is InChI=1S/C12H19N3O2/c1-15(2)11-10(6-4-7-13-11)12(16)14-8-5-9-17-3/h4,6-7H,5,8-9H2,1-3H3,(H,14,16). The van der Waals surface area contributed by atoms with Gasteiger partial charge in [0.2, 0.25) is 0 Å². The molecule has 0 aromatic carbocycles. The third-order valence-electron chi connectivity index (χ3n) is 2.27. The second-order valence-electron chi connectivity index (χ2n) is 3.87. The van der Waals surface area contributed by atoms with Crippen LogP contribution >= 0.6 is 0 Å². The van der Waals surface area contributed by atoms with Crippen LogP contribution in [0.5, 0.6) is 0 Å². The van der Waals surface area contributed by atoms with Gasteiger partial charge in [0.15, 0.2) is 0 Å². The number of carbonyl (C=O) groups is 1. The molecule has 0 unspecified atom stereocenters. The van der Waals surface area contributed by atoms with E-state index in [4.69, 9.17) is 4.74 Å². The normalized spacial score (nSPS) is 10.1. The van der Waals surface area contributed by atoms with Gasteiger partial charge >= 0.3 is 0 Å². The minimum absolute atomic E-state index is 0.0992. The van der Waals surface area contributed by atoms with Gasteiger partial charge in [-0.2, -0.15) is 0 Å². The zero-order chi connectivity index (χ0) is 12.7. The summed E-state index contributed by atoms with van der Waals surface area (Å²) in [5, 5.41) is 2.84. The number of methoxy groups -OCH3 is 1. The van der Waals surface area contributed by atoms with E-state index in [1.54, 1.807) is 25.4 Å². The molecule has 1 amide bonds. The maximum atomic E-state index is 11.9. The molecule has 0 bridgehead atoms. The molecule has 1 aromatic heterocycles. The Labute approximate surface area is 102 Å². The average Bonchev–Trinajstić information content (AvgIpc) is 2.34. The summed E-state index contributed by atoms with van der Waals surface area (Å²) in [5.74, 6) is 0.578. The molecule has 0 fully saturated rings. The minimum atomic E-state index is -0.0992. The SMILES string of the molecule is COCCCNC(=O)c1cccnc1N(C)C. The summed E-state index contributed by atoms with van der Waals surface area (Å²) in [6, 6.07) is 3.53. The highest BCUT2D eigenvalue weighted by Gasteiger charge is 2.12. The fourth-order valence-electron chi connectivity index (χ4n) is 1.44. The lowest BCUT2D eigenvalue weighted by Gasteiger charge is -2.15. The smallest absolute Gasteiger partial charge is 0.255 e. The van der Waals surface area contributed by atoms with E-state index in [0.717, 1.165) is 6.42 Å². The summed E-state index contributed by atoms with van der Waals surface area (Å²) in [6.45, 7) is 1.25. The molecule has 0 saturated carbocycles. The van der Waals surface area contributed by atoms with Crippen LogP contribution in [0, 0.1) is 0 Å². The van der Waals surface area contributed by atoms with Gasteiger partial charge in [-0.05, 0) is 18.6 Å². The van der Waals surface area contributed by atoms with Gasteiger partial charge in [-0.1, -0.05) is 0 Å². The third-order valence-corrected chi connectivity index (χ3v) is 2.27. The third kappa shape index (κ3) is 4.03. The van der Waals surface area contributed by atoms with Crippen molar-refractivity contribution >= 4 is 11.7 Å². The molecule has 1 aromatic rings. The molecule has 17 heavy (non-hydrogen) atoms. The summed E-state index contributed by atoms with van der Waals surface area (Å²) >= 11 is 0. The summed E-state index contributed by atoms with van der Waals surface area (Å²) < 4.78 is 4.92. The van der Waals surface area contributed by atoms with Crippen molar-refractivity contribution in [1.82, 2.24) is 10.3 Å². The fourth-order valence-corrected chi connectivity index (χ4v) is 1.44. The van der Waals surface area contributed by atoms with E-state index in [-0.39, 0.29) is 5.91 Å². The maximum Gasteiger partial charge on any atom is 0.255 e. The minimum Gasteiger partial charge on any atom is -0.385 e. The highest BCUT2D eigenvalue weighted by Crippen LogP contribution is 2.13. The zero-order valence-corrected chi connectivity index (χ0v) is 10.6. The molecule has 0 spiro atoms. The number of ether oxygens (including phenoxy) is 1. The van der Waals surface area contributed by atoms with E-state index in [1.165, 1.54) is 0 Å². The summed E-state index contributed by atoms with van der Waals surface area (Å²) in [4.78, 5) is 17.9. The number of nitrogens with one attached hydrogen (secondary N) is 1. The summed E-state index contributed by atoms with van der Waals surface area (Å²) in [7, 11) is 5.38. The molecule has 5 nitrogen and oxygen atoms in total. The van der Waals surface area contributed by atoms with Crippen molar-refractivity contribution in [2.45, 2.75) is 6.42 Å². The van der Waals surface area contributed by atoms with E-state index in [9.17, 15) is 4.79 Å². The van der Waals surface area contributed by atoms with Crippen molar-refractivity contribution in [3.05, 3.63) is 23.9 Å². The van der Waals surface area contributed by atoms with E-state index < -0.39 is 0 Å². The topological polar surface area (TPSA) is 54.5 Å². The number of pyridine rings is 1. The van der Waals surface area contributed by atoms with Gasteiger partial charge in [-0.3, -0.25) is 4.79 Å². The molecule has 1 heterocycles. The average molecular weight is 237 g/mol. The second-order valence-corrected chi connectivity index (χ2v) is 3.87. The van der Waals surface area contributed by atoms with Gasteiger partial charge in [-0.25, -0.2) is 4.98 Å². The predicted octanol–water partition coefficient (Wildman–Crippen LogP) is 0.914. The molecule has 5 heteroatoms. The van der Waals surface area contributed by atoms with E-state index in [2.05, 4.69) is 10.3 Å². The van der Waals surface area contributed by atoms with Crippen molar-refractivity contribution in [2.75, 3.05) is 39.3 Å². The Bertz CT molecular complexity index is 367. The number of anilines is 1. The van der Waals surface area contributed by atoms with Crippen LogP contribution in [0.15, 0.2) is 18.3 Å². The van der Waals surface area contributed by atoms with Crippen LogP contribution in [0.3, 0.4) is 0 Å². The fraction of sp³-hybridized carbons (Fsp3) is 0.500. The Morgan fingerprint density at radius 1 is 1.53 bits per heavy atom. The molecule has 1 rings (SSSR count). The Morgan fingerprint density at radius 3 is 2.94 bits per heavy atom. The first-order chi connectivity index (χ1) is 8.16. The largest absolute Gasteiger partial charge is 0.385 e. The van der Waals surface area contributed by atoms with Gasteiger partial charge in [0, 0.05) is 40.6 Å². The van der Waals surface area contributed by atoms with Gasteiger partial charge in [-0.15, -0.1) is 0 Å².